The topological polar surface area (TPSA) is 58.6 Å². The Bertz CT molecular complexity index is 895. The van der Waals surface area contributed by atoms with Crippen molar-refractivity contribution in [2.45, 2.75) is 32.8 Å². The molecule has 2 aromatic carbocycles. The first kappa shape index (κ1) is 20.5. The Labute approximate surface area is 174 Å². The van der Waals surface area contributed by atoms with E-state index in [0.717, 1.165) is 31.5 Å². The van der Waals surface area contributed by atoms with Crippen molar-refractivity contribution < 1.29 is 14.3 Å². The molecule has 0 spiro atoms. The van der Waals surface area contributed by atoms with Gasteiger partial charge in [-0.05, 0) is 68.7 Å². The van der Waals surface area contributed by atoms with Crippen molar-refractivity contribution >= 4 is 40.7 Å². The Kier molecular flexibility index (Phi) is 6.47. The van der Waals surface area contributed by atoms with Gasteiger partial charge >= 0.3 is 0 Å². The predicted molar refractivity (Wildman–Crippen MR) is 111 cm³/mol. The third kappa shape index (κ3) is 4.78. The van der Waals surface area contributed by atoms with E-state index in [0.29, 0.717) is 27.0 Å². The third-order valence-corrected chi connectivity index (χ3v) is 5.14. The summed E-state index contributed by atoms with van der Waals surface area (Å²) in [4.78, 5) is 27.2. The van der Waals surface area contributed by atoms with Crippen LogP contribution in [0.15, 0.2) is 36.4 Å². The van der Waals surface area contributed by atoms with Gasteiger partial charge in [0.25, 0.3) is 11.8 Å². The van der Waals surface area contributed by atoms with Crippen LogP contribution in [0.5, 0.6) is 5.75 Å². The van der Waals surface area contributed by atoms with Gasteiger partial charge in [-0.25, -0.2) is 0 Å². The fourth-order valence-electron chi connectivity index (χ4n) is 3.12. The molecule has 1 atom stereocenters. The zero-order chi connectivity index (χ0) is 20.3. The summed E-state index contributed by atoms with van der Waals surface area (Å²) in [7, 11) is 0. The first-order valence-electron chi connectivity index (χ1n) is 9.17. The number of rotatable bonds is 5. The number of amides is 2. The number of aryl methyl sites for hydroxylation is 1. The number of carbonyl (C=O) groups excluding carboxylic acids is 2. The van der Waals surface area contributed by atoms with Gasteiger partial charge < -0.3 is 15.0 Å². The second-order valence-corrected chi connectivity index (χ2v) is 7.72. The summed E-state index contributed by atoms with van der Waals surface area (Å²) in [6, 6.07) is 10.1. The molecular weight excluding hydrogens is 399 g/mol. The maximum Gasteiger partial charge on any atom is 0.265 e. The minimum atomic E-state index is -0.770. The molecule has 148 valence electrons. The normalized spacial score (nSPS) is 14.6. The highest BCUT2D eigenvalue weighted by molar-refractivity contribution is 6.31. The SMILES string of the molecule is Cc1cc(Cl)ccc1O[C@H](C)C(=O)Nc1cc(Cl)ccc1C(=O)N1CCCC1. The van der Waals surface area contributed by atoms with Gasteiger partial charge in [0.1, 0.15) is 5.75 Å². The van der Waals surface area contributed by atoms with E-state index in [1.807, 2.05) is 6.92 Å². The standard InChI is InChI=1S/C21H22Cl2N2O3/c1-13-11-15(22)6-8-19(13)28-14(2)20(26)24-18-12-16(23)5-7-17(18)21(27)25-9-3-4-10-25/h5-8,11-12,14H,3-4,9-10H2,1-2H3,(H,24,26)/t14-/m1/s1. The van der Waals surface area contributed by atoms with Crippen LogP contribution in [0.1, 0.15) is 35.7 Å². The van der Waals surface area contributed by atoms with Crippen LogP contribution >= 0.6 is 23.2 Å². The number of nitrogens with zero attached hydrogens (tertiary/aromatic N) is 1. The lowest BCUT2D eigenvalue weighted by Gasteiger charge is -2.20. The molecule has 1 fully saturated rings. The van der Waals surface area contributed by atoms with E-state index < -0.39 is 6.10 Å². The zero-order valence-corrected chi connectivity index (χ0v) is 17.3. The van der Waals surface area contributed by atoms with Crippen LogP contribution in [0.3, 0.4) is 0 Å². The fraction of sp³-hybridized carbons (Fsp3) is 0.333. The maximum absolute atomic E-state index is 12.8. The molecule has 1 N–H and O–H groups in total. The van der Waals surface area contributed by atoms with E-state index in [-0.39, 0.29) is 11.8 Å². The van der Waals surface area contributed by atoms with Gasteiger partial charge in [-0.3, -0.25) is 9.59 Å². The smallest absolute Gasteiger partial charge is 0.265 e. The molecule has 0 aliphatic carbocycles. The van der Waals surface area contributed by atoms with Crippen LogP contribution in [0.25, 0.3) is 0 Å². The van der Waals surface area contributed by atoms with Crippen LogP contribution in [0, 0.1) is 6.92 Å². The molecule has 1 saturated heterocycles. The molecular formula is C21H22Cl2N2O3. The molecule has 0 bridgehead atoms. The number of anilines is 1. The molecule has 2 aromatic rings. The van der Waals surface area contributed by atoms with Crippen molar-refractivity contribution in [3.8, 4) is 5.75 Å². The first-order chi connectivity index (χ1) is 13.3. The fourth-order valence-corrected chi connectivity index (χ4v) is 3.52. The van der Waals surface area contributed by atoms with E-state index in [2.05, 4.69) is 5.32 Å². The van der Waals surface area contributed by atoms with Crippen LogP contribution in [-0.2, 0) is 4.79 Å². The number of ether oxygens (including phenoxy) is 1. The van der Waals surface area contributed by atoms with Gasteiger partial charge in [-0.2, -0.15) is 0 Å². The Hall–Kier alpha value is -2.24. The van der Waals surface area contributed by atoms with Crippen molar-refractivity contribution in [3.63, 3.8) is 0 Å². The Morgan fingerprint density at radius 3 is 2.39 bits per heavy atom. The van der Waals surface area contributed by atoms with Gasteiger partial charge in [0.05, 0.1) is 11.3 Å². The third-order valence-electron chi connectivity index (χ3n) is 4.67. The molecule has 1 heterocycles. The number of hydrogen-bond acceptors (Lipinski definition) is 3. The van der Waals surface area contributed by atoms with E-state index in [9.17, 15) is 9.59 Å². The Morgan fingerprint density at radius 2 is 1.71 bits per heavy atom. The number of benzene rings is 2. The van der Waals surface area contributed by atoms with Gasteiger partial charge in [-0.15, -0.1) is 0 Å². The summed E-state index contributed by atoms with van der Waals surface area (Å²) in [6.07, 6.45) is 1.21. The van der Waals surface area contributed by atoms with E-state index in [4.69, 9.17) is 27.9 Å². The Morgan fingerprint density at radius 1 is 1.07 bits per heavy atom. The predicted octanol–water partition coefficient (Wildman–Crippen LogP) is 4.94. The number of nitrogens with one attached hydrogen (secondary N) is 1. The minimum absolute atomic E-state index is 0.105. The number of halogens is 2. The highest BCUT2D eigenvalue weighted by atomic mass is 35.5. The van der Waals surface area contributed by atoms with Crippen molar-refractivity contribution in [1.29, 1.82) is 0 Å². The average Bonchev–Trinajstić information content (AvgIpc) is 3.18. The molecule has 0 unspecified atom stereocenters. The molecule has 0 radical (unpaired) electrons. The molecule has 1 aliphatic rings. The van der Waals surface area contributed by atoms with Crippen molar-refractivity contribution in [2.24, 2.45) is 0 Å². The van der Waals surface area contributed by atoms with Gasteiger partial charge in [0.2, 0.25) is 0 Å². The molecule has 1 aliphatic heterocycles. The summed E-state index contributed by atoms with van der Waals surface area (Å²) in [5.74, 6) is 0.102. The summed E-state index contributed by atoms with van der Waals surface area (Å²) in [5, 5.41) is 3.83. The second-order valence-electron chi connectivity index (χ2n) is 6.85. The zero-order valence-electron chi connectivity index (χ0n) is 15.8. The van der Waals surface area contributed by atoms with Gasteiger partial charge in [-0.1, -0.05) is 23.2 Å². The summed E-state index contributed by atoms with van der Waals surface area (Å²) < 4.78 is 5.77. The first-order valence-corrected chi connectivity index (χ1v) is 9.93. The second kappa shape index (κ2) is 8.84. The molecule has 5 nitrogen and oxygen atoms in total. The lowest BCUT2D eigenvalue weighted by molar-refractivity contribution is -0.122. The quantitative estimate of drug-likeness (QED) is 0.744. The molecule has 0 aromatic heterocycles. The van der Waals surface area contributed by atoms with E-state index in [1.165, 1.54) is 0 Å². The van der Waals surface area contributed by atoms with Crippen LogP contribution in [-0.4, -0.2) is 35.9 Å². The molecule has 2 amide bonds. The number of carbonyl (C=O) groups is 2. The van der Waals surface area contributed by atoms with Crippen molar-refractivity contribution in [2.75, 3.05) is 18.4 Å². The minimum Gasteiger partial charge on any atom is -0.481 e. The largest absolute Gasteiger partial charge is 0.481 e. The van der Waals surface area contributed by atoms with E-state index in [1.54, 1.807) is 48.2 Å². The molecule has 28 heavy (non-hydrogen) atoms. The van der Waals surface area contributed by atoms with Crippen LogP contribution < -0.4 is 10.1 Å². The lowest BCUT2D eigenvalue weighted by atomic mass is 10.1. The lowest BCUT2D eigenvalue weighted by Crippen LogP contribution is -2.32. The van der Waals surface area contributed by atoms with Crippen LogP contribution in [0.2, 0.25) is 10.0 Å². The summed E-state index contributed by atoms with van der Waals surface area (Å²) >= 11 is 12.0. The highest BCUT2D eigenvalue weighted by Crippen LogP contribution is 2.26. The molecule has 3 rings (SSSR count). The van der Waals surface area contributed by atoms with Gasteiger partial charge in [0.15, 0.2) is 6.10 Å². The van der Waals surface area contributed by atoms with Crippen molar-refractivity contribution in [1.82, 2.24) is 4.90 Å². The number of hydrogen-bond donors (Lipinski definition) is 1. The number of likely N-dealkylation sites (tertiary alicyclic amines) is 1. The van der Waals surface area contributed by atoms with Gasteiger partial charge in [0, 0.05) is 23.1 Å². The van der Waals surface area contributed by atoms with E-state index >= 15 is 0 Å². The monoisotopic (exact) mass is 420 g/mol. The van der Waals surface area contributed by atoms with Crippen molar-refractivity contribution in [3.05, 3.63) is 57.6 Å². The summed E-state index contributed by atoms with van der Waals surface area (Å²) in [6.45, 7) is 4.96. The summed E-state index contributed by atoms with van der Waals surface area (Å²) in [5.41, 5.74) is 1.65. The average molecular weight is 421 g/mol. The molecule has 0 saturated carbocycles. The maximum atomic E-state index is 12.8. The van der Waals surface area contributed by atoms with Crippen LogP contribution in [0.4, 0.5) is 5.69 Å². The Balaban J connectivity index is 1.75. The molecule has 7 heteroatoms. The highest BCUT2D eigenvalue weighted by Gasteiger charge is 2.24.